The maximum atomic E-state index is 13.6. The summed E-state index contributed by atoms with van der Waals surface area (Å²) in [6.45, 7) is 5.59. The van der Waals surface area contributed by atoms with E-state index in [1.807, 2.05) is 42.5 Å². The Morgan fingerprint density at radius 3 is 1.61 bits per heavy atom. The van der Waals surface area contributed by atoms with E-state index in [1.54, 1.807) is 12.1 Å². The van der Waals surface area contributed by atoms with Crippen molar-refractivity contribution in [3.05, 3.63) is 101 Å². The normalized spacial score (nSPS) is 11.8. The molecule has 1 aliphatic carbocycles. The molecule has 0 amide bonds. The van der Waals surface area contributed by atoms with Crippen LogP contribution >= 0.6 is 0 Å². The molecule has 2 aromatic rings. The number of carbonyl (C=O) groups excluding carboxylic acids is 1. The van der Waals surface area contributed by atoms with Crippen LogP contribution in [0.3, 0.4) is 0 Å². The third kappa shape index (κ3) is 19.6. The van der Waals surface area contributed by atoms with Gasteiger partial charge in [-0.15, -0.1) is 0 Å². The molecule has 0 saturated carbocycles. The maximum Gasteiger partial charge on any atom is 0.338 e. The third-order valence-electron chi connectivity index (χ3n) is 11.9. The molecule has 5 heteroatoms. The first-order valence-electron chi connectivity index (χ1n) is 24.8. The highest BCUT2D eigenvalue weighted by atomic mass is 16.5. The lowest BCUT2D eigenvalue weighted by Gasteiger charge is -2.18. The summed E-state index contributed by atoms with van der Waals surface area (Å²) in [7, 11) is 0. The van der Waals surface area contributed by atoms with Crippen molar-refractivity contribution in [2.75, 3.05) is 13.2 Å². The zero-order valence-corrected chi connectivity index (χ0v) is 38.3. The third-order valence-corrected chi connectivity index (χ3v) is 11.9. The van der Waals surface area contributed by atoms with E-state index in [9.17, 15) is 9.59 Å². The summed E-state index contributed by atoms with van der Waals surface area (Å²) in [4.78, 5) is 26.1. The Labute approximate surface area is 370 Å². The fraction of sp³-hybridized carbons (Fsp3) is 0.571. The minimum absolute atomic E-state index is 0.128. The molecule has 0 bridgehead atoms. The van der Waals surface area contributed by atoms with Gasteiger partial charge in [0.1, 0.15) is 17.1 Å². The quantitative estimate of drug-likeness (QED) is 0.0200. The summed E-state index contributed by atoms with van der Waals surface area (Å²) in [6, 6.07) is 18.4. The summed E-state index contributed by atoms with van der Waals surface area (Å²) in [5.74, 6) is 0.880. The lowest BCUT2D eigenvalue weighted by Crippen LogP contribution is -2.09. The molecule has 2 aromatic carbocycles. The van der Waals surface area contributed by atoms with E-state index in [4.69, 9.17) is 13.9 Å². The van der Waals surface area contributed by atoms with Crippen molar-refractivity contribution in [1.82, 2.24) is 0 Å². The average Bonchev–Trinajstić information content (AvgIpc) is 3.27. The molecule has 0 atom stereocenters. The van der Waals surface area contributed by atoms with Crippen molar-refractivity contribution in [3.8, 4) is 28.2 Å². The van der Waals surface area contributed by atoms with Crippen LogP contribution in [-0.4, -0.2) is 19.2 Å². The van der Waals surface area contributed by atoms with Crippen molar-refractivity contribution in [3.63, 3.8) is 0 Å². The Morgan fingerprint density at radius 1 is 0.525 bits per heavy atom. The van der Waals surface area contributed by atoms with Crippen molar-refractivity contribution in [2.24, 2.45) is 0 Å². The van der Waals surface area contributed by atoms with Gasteiger partial charge in [0.05, 0.1) is 18.8 Å². The van der Waals surface area contributed by atoms with Gasteiger partial charge in [-0.25, -0.2) is 4.79 Å². The highest BCUT2D eigenvalue weighted by Gasteiger charge is 2.22. The molecule has 334 valence electrons. The van der Waals surface area contributed by atoms with Crippen LogP contribution in [0, 0.1) is 0 Å². The van der Waals surface area contributed by atoms with Crippen molar-refractivity contribution >= 4 is 16.9 Å². The fourth-order valence-electron chi connectivity index (χ4n) is 8.24. The van der Waals surface area contributed by atoms with Gasteiger partial charge < -0.3 is 13.9 Å². The van der Waals surface area contributed by atoms with Crippen LogP contribution in [0.15, 0.2) is 94.2 Å². The van der Waals surface area contributed by atoms with E-state index in [2.05, 4.69) is 38.2 Å². The van der Waals surface area contributed by atoms with E-state index in [-0.39, 0.29) is 11.4 Å². The molecular weight excluding hydrogens is 753 g/mol. The number of hydrogen-bond acceptors (Lipinski definition) is 5. The van der Waals surface area contributed by atoms with E-state index in [1.165, 1.54) is 154 Å². The van der Waals surface area contributed by atoms with Crippen LogP contribution in [0.4, 0.5) is 0 Å². The Balaban J connectivity index is 1.19. The Bertz CT molecular complexity index is 1850. The minimum atomic E-state index is -0.332. The van der Waals surface area contributed by atoms with Gasteiger partial charge >= 0.3 is 5.97 Å². The highest BCUT2D eigenvalue weighted by Crippen LogP contribution is 2.42. The Kier molecular flexibility index (Phi) is 25.7. The van der Waals surface area contributed by atoms with Gasteiger partial charge in [0.2, 0.25) is 0 Å². The molecular formula is C56H80O5. The van der Waals surface area contributed by atoms with Gasteiger partial charge in [-0.1, -0.05) is 172 Å². The zero-order valence-electron chi connectivity index (χ0n) is 38.3. The Hall–Kier alpha value is -4.12. The molecule has 0 aromatic heterocycles. The molecule has 0 N–H and O–H groups in total. The van der Waals surface area contributed by atoms with E-state index >= 15 is 0 Å². The van der Waals surface area contributed by atoms with E-state index in [0.29, 0.717) is 30.1 Å². The summed E-state index contributed by atoms with van der Waals surface area (Å²) in [6.07, 6.45) is 44.7. The number of esters is 1. The molecule has 0 radical (unpaired) electrons. The van der Waals surface area contributed by atoms with Crippen molar-refractivity contribution in [2.45, 2.75) is 194 Å². The van der Waals surface area contributed by atoms with Crippen LogP contribution in [-0.2, 0) is 4.74 Å². The number of hydrogen-bond donors (Lipinski definition) is 0. The van der Waals surface area contributed by atoms with Gasteiger partial charge in [-0.3, -0.25) is 4.79 Å². The molecule has 2 aliphatic rings. The average molecular weight is 833 g/mol. The summed E-state index contributed by atoms with van der Waals surface area (Å²) in [5, 5.41) is 0.851. The molecule has 5 nitrogen and oxygen atoms in total. The predicted octanol–water partition coefficient (Wildman–Crippen LogP) is 17.2. The number of benzene rings is 3. The Morgan fingerprint density at radius 2 is 1.03 bits per heavy atom. The number of fused-ring (bicyclic) bond motifs is 2. The summed E-state index contributed by atoms with van der Waals surface area (Å²) < 4.78 is 18.4. The molecule has 4 rings (SSSR count). The van der Waals surface area contributed by atoms with Crippen LogP contribution < -0.4 is 10.2 Å². The van der Waals surface area contributed by atoms with E-state index < -0.39 is 0 Å². The second-order valence-corrected chi connectivity index (χ2v) is 17.2. The first-order chi connectivity index (χ1) is 30.1. The van der Waals surface area contributed by atoms with Gasteiger partial charge in [0, 0.05) is 28.6 Å². The molecule has 1 heterocycles. The number of ether oxygens (including phenoxy) is 2. The van der Waals surface area contributed by atoms with Gasteiger partial charge in [0.15, 0.2) is 5.43 Å². The second kappa shape index (κ2) is 31.7. The molecule has 61 heavy (non-hydrogen) atoms. The van der Waals surface area contributed by atoms with Gasteiger partial charge in [0.25, 0.3) is 0 Å². The second-order valence-electron chi connectivity index (χ2n) is 17.2. The lowest BCUT2D eigenvalue weighted by atomic mass is 9.91. The van der Waals surface area contributed by atoms with Gasteiger partial charge in [-0.05, 0) is 100 Å². The van der Waals surface area contributed by atoms with Crippen molar-refractivity contribution in [1.29, 1.82) is 0 Å². The molecule has 1 aliphatic heterocycles. The monoisotopic (exact) mass is 833 g/mol. The van der Waals surface area contributed by atoms with E-state index in [0.717, 1.165) is 59.9 Å². The first-order valence-corrected chi connectivity index (χ1v) is 24.8. The van der Waals surface area contributed by atoms with Crippen LogP contribution in [0.1, 0.15) is 204 Å². The SMILES string of the molecule is CCCCCCCC/C=C\CCCCCCCCOC(=O)c1ccccc1-c1c2ccc(=O)cc-2oc2cc(OCCCCCCCC/C=C\CCCCCCCC)ccc12. The van der Waals surface area contributed by atoms with Gasteiger partial charge in [-0.2, -0.15) is 0 Å². The van der Waals surface area contributed by atoms with Crippen LogP contribution in [0.5, 0.6) is 5.75 Å². The highest BCUT2D eigenvalue weighted by molar-refractivity contribution is 6.07. The topological polar surface area (TPSA) is 65.7 Å². The van der Waals surface area contributed by atoms with Crippen LogP contribution in [0.2, 0.25) is 0 Å². The smallest absolute Gasteiger partial charge is 0.338 e. The largest absolute Gasteiger partial charge is 0.493 e. The molecule has 0 saturated heterocycles. The summed E-state index contributed by atoms with van der Waals surface area (Å²) in [5.41, 5.74) is 3.37. The maximum absolute atomic E-state index is 13.6. The first kappa shape index (κ1) is 49.5. The van der Waals surface area contributed by atoms with Crippen molar-refractivity contribution < 1.29 is 18.7 Å². The lowest BCUT2D eigenvalue weighted by molar-refractivity contribution is 0.0498. The number of carbonyl (C=O) groups is 1. The standard InChI is InChI=1S/C56H80O5/c1-3-5-7-9-11-13-15-17-19-21-23-25-27-29-31-35-43-59-48-40-42-52-54(46-48)61-53-45-47(57)39-41-51(53)55(52)49-37-33-34-38-50(49)56(58)60-44-36-32-30-28-26-24-22-20-18-16-14-12-10-8-6-4-2/h17-20,33-34,37-42,45-46H,3-16,21-32,35-36,43-44H2,1-2H3/b19-17-,20-18-. The molecule has 0 fully saturated rings. The summed E-state index contributed by atoms with van der Waals surface area (Å²) >= 11 is 0. The molecule has 0 unspecified atom stereocenters. The minimum Gasteiger partial charge on any atom is -0.493 e. The zero-order chi connectivity index (χ0) is 43.0. The predicted molar refractivity (Wildman–Crippen MR) is 259 cm³/mol. The number of rotatable bonds is 35. The number of unbranched alkanes of at least 4 members (excludes halogenated alkanes) is 24. The molecule has 0 spiro atoms. The van der Waals surface area contributed by atoms with Crippen LogP contribution in [0.25, 0.3) is 33.4 Å². The fourth-order valence-corrected chi connectivity index (χ4v) is 8.24. The number of allylic oxidation sites excluding steroid dienone is 4.